The lowest BCUT2D eigenvalue weighted by Crippen LogP contribution is -2.13. The summed E-state index contributed by atoms with van der Waals surface area (Å²) in [5.41, 5.74) is 0.555. The lowest BCUT2D eigenvalue weighted by Gasteiger charge is -2.14. The maximum absolute atomic E-state index is 10.5. The Morgan fingerprint density at radius 2 is 2.20 bits per heavy atom. The lowest BCUT2D eigenvalue weighted by atomic mass is 10.0. The molecule has 6 heteroatoms. The normalized spacial score (nSPS) is 14.7. The van der Waals surface area contributed by atoms with E-state index >= 15 is 0 Å². The van der Waals surface area contributed by atoms with Crippen molar-refractivity contribution in [1.29, 1.82) is 0 Å². The number of hydrogen-bond donors (Lipinski definition) is 1. The summed E-state index contributed by atoms with van der Waals surface area (Å²) >= 11 is 3.21. The Kier molecular flexibility index (Phi) is 3.76. The molecule has 0 fully saturated rings. The maximum atomic E-state index is 10.5. The first kappa shape index (κ1) is 12.1. The molecule has 0 aliphatic carbocycles. The van der Waals surface area contributed by atoms with Gasteiger partial charge >= 0.3 is 0 Å². The van der Waals surface area contributed by atoms with Crippen LogP contribution in [0.5, 0.6) is 0 Å². The van der Waals surface area contributed by atoms with Gasteiger partial charge in [-0.1, -0.05) is 6.92 Å². The van der Waals surface area contributed by atoms with E-state index in [4.69, 9.17) is 0 Å². The summed E-state index contributed by atoms with van der Waals surface area (Å²) in [6.07, 6.45) is 0.647. The van der Waals surface area contributed by atoms with Gasteiger partial charge in [0.15, 0.2) is 0 Å². The Morgan fingerprint density at radius 3 is 2.60 bits per heavy atom. The van der Waals surface area contributed by atoms with E-state index in [0.29, 0.717) is 10.2 Å². The van der Waals surface area contributed by atoms with Crippen LogP contribution in [0.15, 0.2) is 16.7 Å². The number of nitro groups is 1. The molecule has 0 amide bonds. The number of pyridine rings is 1. The number of aliphatic hydroxyl groups is 1. The maximum Gasteiger partial charge on any atom is 0.288 e. The second kappa shape index (κ2) is 4.67. The SMILES string of the molecule is CC(O)C(C)c1ncc([N+](=O)[O-])cc1Br. The summed E-state index contributed by atoms with van der Waals surface area (Å²) in [6.45, 7) is 3.46. The van der Waals surface area contributed by atoms with Crippen LogP contribution in [0.3, 0.4) is 0 Å². The largest absolute Gasteiger partial charge is 0.393 e. The average Bonchev–Trinajstić information content (AvgIpc) is 2.16. The zero-order valence-electron chi connectivity index (χ0n) is 8.35. The predicted molar refractivity (Wildman–Crippen MR) is 58.7 cm³/mol. The molecule has 0 saturated heterocycles. The number of nitrogens with zero attached hydrogens (tertiary/aromatic N) is 2. The summed E-state index contributed by atoms with van der Waals surface area (Å²) in [6, 6.07) is 1.39. The molecule has 0 saturated carbocycles. The van der Waals surface area contributed by atoms with Gasteiger partial charge in [-0.3, -0.25) is 15.1 Å². The number of rotatable bonds is 3. The predicted octanol–water partition coefficient (Wildman–Crippen LogP) is 2.24. The number of aliphatic hydroxyl groups excluding tert-OH is 1. The molecule has 0 aliphatic heterocycles. The van der Waals surface area contributed by atoms with Gasteiger partial charge in [0.2, 0.25) is 0 Å². The van der Waals surface area contributed by atoms with E-state index in [1.54, 1.807) is 6.92 Å². The topological polar surface area (TPSA) is 76.3 Å². The van der Waals surface area contributed by atoms with Crippen LogP contribution in [0.2, 0.25) is 0 Å². The molecule has 15 heavy (non-hydrogen) atoms. The monoisotopic (exact) mass is 274 g/mol. The Balaban J connectivity index is 3.08. The minimum absolute atomic E-state index is 0.0663. The van der Waals surface area contributed by atoms with Crippen molar-refractivity contribution in [3.63, 3.8) is 0 Å². The van der Waals surface area contributed by atoms with Crippen LogP contribution in [-0.2, 0) is 0 Å². The van der Waals surface area contributed by atoms with Crippen molar-refractivity contribution in [2.45, 2.75) is 25.9 Å². The number of halogens is 1. The standard InChI is InChI=1S/C9H11BrN2O3/c1-5(6(2)13)9-8(10)3-7(4-11-9)12(14)15/h3-6,13H,1-2H3. The smallest absolute Gasteiger partial charge is 0.288 e. The quantitative estimate of drug-likeness (QED) is 0.678. The lowest BCUT2D eigenvalue weighted by molar-refractivity contribution is -0.385. The van der Waals surface area contributed by atoms with E-state index < -0.39 is 11.0 Å². The highest BCUT2D eigenvalue weighted by atomic mass is 79.9. The minimum atomic E-state index is -0.546. The van der Waals surface area contributed by atoms with Crippen molar-refractivity contribution in [2.75, 3.05) is 0 Å². The van der Waals surface area contributed by atoms with Crippen molar-refractivity contribution in [3.8, 4) is 0 Å². The molecule has 0 bridgehead atoms. The first-order chi connectivity index (χ1) is 6.93. The Bertz CT molecular complexity index is 382. The highest BCUT2D eigenvalue weighted by Crippen LogP contribution is 2.27. The fourth-order valence-corrected chi connectivity index (χ4v) is 1.80. The molecule has 1 aromatic heterocycles. The molecule has 0 aliphatic rings. The molecule has 1 N–H and O–H groups in total. The van der Waals surface area contributed by atoms with Gasteiger partial charge in [0.05, 0.1) is 16.7 Å². The van der Waals surface area contributed by atoms with Crippen molar-refractivity contribution in [3.05, 3.63) is 32.5 Å². The Morgan fingerprint density at radius 1 is 1.60 bits per heavy atom. The third kappa shape index (κ3) is 2.73. The van der Waals surface area contributed by atoms with Crippen LogP contribution >= 0.6 is 15.9 Å². The van der Waals surface area contributed by atoms with E-state index in [0.717, 1.165) is 0 Å². The Labute approximate surface area is 95.4 Å². The summed E-state index contributed by atoms with van der Waals surface area (Å²) in [5, 5.41) is 19.8. The van der Waals surface area contributed by atoms with Crippen LogP contribution in [0.25, 0.3) is 0 Å². The Hall–Kier alpha value is -1.01. The van der Waals surface area contributed by atoms with Crippen LogP contribution in [0.1, 0.15) is 25.5 Å². The average molecular weight is 275 g/mol. The molecule has 0 aromatic carbocycles. The first-order valence-electron chi connectivity index (χ1n) is 4.41. The van der Waals surface area contributed by atoms with Gasteiger partial charge in [-0.15, -0.1) is 0 Å². The van der Waals surface area contributed by atoms with Gasteiger partial charge in [-0.2, -0.15) is 0 Å². The van der Waals surface area contributed by atoms with Crippen LogP contribution in [-0.4, -0.2) is 21.1 Å². The molecule has 2 unspecified atom stereocenters. The van der Waals surface area contributed by atoms with E-state index in [-0.39, 0.29) is 11.6 Å². The highest BCUT2D eigenvalue weighted by molar-refractivity contribution is 9.10. The summed E-state index contributed by atoms with van der Waals surface area (Å²) in [4.78, 5) is 13.9. The molecule has 82 valence electrons. The summed E-state index contributed by atoms with van der Waals surface area (Å²) in [7, 11) is 0. The zero-order valence-corrected chi connectivity index (χ0v) is 9.93. The molecular weight excluding hydrogens is 264 g/mol. The van der Waals surface area contributed by atoms with Gasteiger partial charge < -0.3 is 5.11 Å². The fraction of sp³-hybridized carbons (Fsp3) is 0.444. The second-order valence-corrected chi connectivity index (χ2v) is 4.20. The van der Waals surface area contributed by atoms with Crippen molar-refractivity contribution >= 4 is 21.6 Å². The van der Waals surface area contributed by atoms with Gasteiger partial charge in [0, 0.05) is 16.5 Å². The fourth-order valence-electron chi connectivity index (χ4n) is 1.10. The molecule has 1 heterocycles. The molecule has 2 atom stereocenters. The third-order valence-corrected chi connectivity index (χ3v) is 2.86. The van der Waals surface area contributed by atoms with Gasteiger partial charge in [-0.25, -0.2) is 0 Å². The molecule has 0 spiro atoms. The van der Waals surface area contributed by atoms with Crippen LogP contribution in [0, 0.1) is 10.1 Å². The minimum Gasteiger partial charge on any atom is -0.393 e. The summed E-state index contributed by atoms with van der Waals surface area (Å²) < 4.78 is 0.546. The first-order valence-corrected chi connectivity index (χ1v) is 5.20. The van der Waals surface area contributed by atoms with Gasteiger partial charge in [0.25, 0.3) is 5.69 Å². The van der Waals surface area contributed by atoms with Crippen molar-refractivity contribution < 1.29 is 10.0 Å². The van der Waals surface area contributed by atoms with E-state index in [9.17, 15) is 15.2 Å². The van der Waals surface area contributed by atoms with Gasteiger partial charge in [-0.05, 0) is 22.9 Å². The van der Waals surface area contributed by atoms with Crippen LogP contribution in [0.4, 0.5) is 5.69 Å². The molecule has 1 rings (SSSR count). The molecule has 1 aromatic rings. The molecule has 5 nitrogen and oxygen atoms in total. The van der Waals surface area contributed by atoms with Crippen molar-refractivity contribution in [2.24, 2.45) is 0 Å². The number of aromatic nitrogens is 1. The van der Waals surface area contributed by atoms with Crippen molar-refractivity contribution in [1.82, 2.24) is 4.98 Å². The van der Waals surface area contributed by atoms with Crippen LogP contribution < -0.4 is 0 Å². The second-order valence-electron chi connectivity index (χ2n) is 3.35. The zero-order chi connectivity index (χ0) is 11.6. The van der Waals surface area contributed by atoms with E-state index in [2.05, 4.69) is 20.9 Å². The molecular formula is C9H11BrN2O3. The number of hydrogen-bond acceptors (Lipinski definition) is 4. The molecule has 0 radical (unpaired) electrons. The van der Waals surface area contributed by atoms with E-state index in [1.165, 1.54) is 12.3 Å². The van der Waals surface area contributed by atoms with E-state index in [1.807, 2.05) is 6.92 Å². The highest BCUT2D eigenvalue weighted by Gasteiger charge is 2.18. The summed E-state index contributed by atoms with van der Waals surface area (Å²) in [5.74, 6) is -0.167. The third-order valence-electron chi connectivity index (χ3n) is 2.22. The van der Waals surface area contributed by atoms with Gasteiger partial charge in [0.1, 0.15) is 6.20 Å².